The lowest BCUT2D eigenvalue weighted by Crippen LogP contribution is -2.33. The molecule has 0 N–H and O–H groups in total. The molecule has 0 saturated carbocycles. The van der Waals surface area contributed by atoms with E-state index in [2.05, 4.69) is 177 Å². The van der Waals surface area contributed by atoms with Crippen molar-refractivity contribution in [2.75, 3.05) is 13.7 Å². The Labute approximate surface area is 316 Å². The van der Waals surface area contributed by atoms with Crippen molar-refractivity contribution in [1.82, 2.24) is 0 Å². The molecule has 3 nitrogen and oxygen atoms in total. The molecule has 0 fully saturated rings. The maximum Gasteiger partial charge on any atom is 0.145 e. The zero-order valence-electron chi connectivity index (χ0n) is 30.7. The number of benzene rings is 8. The third kappa shape index (κ3) is 4.89. The first-order valence-electron chi connectivity index (χ1n) is 18.8. The summed E-state index contributed by atoms with van der Waals surface area (Å²) in [5.74, 6) is 1.56. The molecule has 3 atom stereocenters. The van der Waals surface area contributed by atoms with E-state index in [1.165, 1.54) is 60.5 Å². The van der Waals surface area contributed by atoms with Gasteiger partial charge in [-0.1, -0.05) is 121 Å². The summed E-state index contributed by atoms with van der Waals surface area (Å²) in [6.07, 6.45) is -0.0723. The first-order chi connectivity index (χ1) is 26.5. The maximum absolute atomic E-state index is 7.07. The molecule has 0 radical (unpaired) electrons. The van der Waals surface area contributed by atoms with Crippen LogP contribution >= 0.6 is 0 Å². The minimum Gasteiger partial charge on any atom is -0.457 e. The molecule has 3 unspecified atom stereocenters. The highest BCUT2D eigenvalue weighted by atomic mass is 16.5. The molecule has 0 aliphatic heterocycles. The number of rotatable bonds is 8. The minimum atomic E-state index is -0.808. The lowest BCUT2D eigenvalue weighted by Gasteiger charge is -2.34. The van der Waals surface area contributed by atoms with Gasteiger partial charge in [-0.25, -0.2) is 0 Å². The van der Waals surface area contributed by atoms with E-state index in [1.54, 1.807) is 7.11 Å². The van der Waals surface area contributed by atoms with Crippen LogP contribution in [0.15, 0.2) is 170 Å². The molecule has 54 heavy (non-hydrogen) atoms. The zero-order valence-corrected chi connectivity index (χ0v) is 30.7. The molecule has 0 amide bonds. The molecule has 0 aromatic heterocycles. The Hall–Kier alpha value is -6.00. The first kappa shape index (κ1) is 32.6. The van der Waals surface area contributed by atoms with Crippen LogP contribution < -0.4 is 4.74 Å². The lowest BCUT2D eigenvalue weighted by molar-refractivity contribution is -0.0433. The van der Waals surface area contributed by atoms with E-state index in [9.17, 15) is 0 Å². The molecule has 0 spiro atoms. The second-order valence-electron chi connectivity index (χ2n) is 14.9. The summed E-state index contributed by atoms with van der Waals surface area (Å²) in [7, 11) is 1.73. The largest absolute Gasteiger partial charge is 0.457 e. The van der Waals surface area contributed by atoms with Crippen molar-refractivity contribution >= 4 is 21.5 Å². The topological polar surface area (TPSA) is 27.7 Å². The quantitative estimate of drug-likeness (QED) is 0.158. The molecule has 8 aromatic carbocycles. The normalized spacial score (nSPS) is 18.6. The molecule has 10 rings (SSSR count). The summed E-state index contributed by atoms with van der Waals surface area (Å²) in [6.45, 7) is 4.84. The van der Waals surface area contributed by atoms with E-state index >= 15 is 0 Å². The Morgan fingerprint density at radius 3 is 1.52 bits per heavy atom. The average Bonchev–Trinajstić information content (AvgIpc) is 3.64. The summed E-state index contributed by atoms with van der Waals surface area (Å²) < 4.78 is 19.3. The predicted octanol–water partition coefficient (Wildman–Crippen LogP) is 12.4. The van der Waals surface area contributed by atoms with Crippen LogP contribution in [0.5, 0.6) is 11.5 Å². The fourth-order valence-corrected chi connectivity index (χ4v) is 9.02. The summed E-state index contributed by atoms with van der Waals surface area (Å²) >= 11 is 0. The van der Waals surface area contributed by atoms with Crippen LogP contribution in [0.3, 0.4) is 0 Å². The van der Waals surface area contributed by atoms with Gasteiger partial charge in [0, 0.05) is 23.7 Å². The lowest BCUT2D eigenvalue weighted by atomic mass is 9.74. The van der Waals surface area contributed by atoms with Crippen LogP contribution in [0.2, 0.25) is 0 Å². The van der Waals surface area contributed by atoms with Crippen molar-refractivity contribution in [1.29, 1.82) is 0 Å². The highest BCUT2D eigenvalue weighted by Crippen LogP contribution is 2.55. The van der Waals surface area contributed by atoms with Crippen molar-refractivity contribution < 1.29 is 14.2 Å². The van der Waals surface area contributed by atoms with Crippen LogP contribution in [0, 0.1) is 0 Å². The van der Waals surface area contributed by atoms with Crippen molar-refractivity contribution in [3.8, 4) is 33.8 Å². The van der Waals surface area contributed by atoms with E-state index in [1.807, 2.05) is 6.92 Å². The van der Waals surface area contributed by atoms with Gasteiger partial charge in [0.2, 0.25) is 0 Å². The fraction of sp³-hybridized carbons (Fsp3) is 0.137. The molecule has 0 bridgehead atoms. The smallest absolute Gasteiger partial charge is 0.145 e. The Morgan fingerprint density at radius 1 is 0.463 bits per heavy atom. The third-order valence-electron chi connectivity index (χ3n) is 11.9. The maximum atomic E-state index is 7.07. The molecule has 0 saturated heterocycles. The van der Waals surface area contributed by atoms with E-state index < -0.39 is 5.60 Å². The highest BCUT2D eigenvalue weighted by Gasteiger charge is 2.46. The van der Waals surface area contributed by atoms with Gasteiger partial charge < -0.3 is 14.2 Å². The number of fused-ring (bicyclic) bond motifs is 8. The van der Waals surface area contributed by atoms with Crippen molar-refractivity contribution in [2.45, 2.75) is 31.0 Å². The van der Waals surface area contributed by atoms with Gasteiger partial charge in [-0.15, -0.1) is 0 Å². The van der Waals surface area contributed by atoms with Crippen molar-refractivity contribution in [2.24, 2.45) is 0 Å². The average molecular weight is 701 g/mol. The van der Waals surface area contributed by atoms with Gasteiger partial charge in [-0.2, -0.15) is 0 Å². The molecule has 262 valence electrons. The fourth-order valence-electron chi connectivity index (χ4n) is 9.02. The zero-order chi connectivity index (χ0) is 36.4. The third-order valence-corrected chi connectivity index (χ3v) is 11.9. The molecular formula is C51H40O3. The number of ether oxygens (including phenoxy) is 3. The van der Waals surface area contributed by atoms with Crippen LogP contribution in [-0.2, 0) is 20.5 Å². The second kappa shape index (κ2) is 12.6. The Balaban J connectivity index is 1.00. The Bertz CT molecular complexity index is 2710. The van der Waals surface area contributed by atoms with E-state index in [-0.39, 0.29) is 11.5 Å². The predicted molar refractivity (Wildman–Crippen MR) is 220 cm³/mol. The van der Waals surface area contributed by atoms with Gasteiger partial charge in [0.15, 0.2) is 0 Å². The standard InChI is InChI=1S/C51H40O3/c1-33(52-3)32-53-51(47-19-11-9-17-43(47)45-29-35-13-5-7-15-37(35)31-49(45)51)39-22-26-41(27-23-39)54-40-24-20-38(21-25-40)50(2)46-18-10-8-16-42(46)44-28-34-12-4-6-14-36(34)30-48(44)50/h4-31,33H,32H2,1-3H3. The SMILES string of the molecule is COC(C)COC1(c2ccc(Oc3ccc(C4(C)c5ccccc5-c5cc6ccccc6cc54)cc3)cc2)c2ccccc2-c2cc3ccccc3cc21. The number of hydrogen-bond donors (Lipinski definition) is 0. The number of methoxy groups -OCH3 is 1. The molecule has 2 aliphatic carbocycles. The number of hydrogen-bond acceptors (Lipinski definition) is 3. The molecule has 2 aliphatic rings. The minimum absolute atomic E-state index is 0.0723. The summed E-state index contributed by atoms with van der Waals surface area (Å²) in [5, 5.41) is 4.93. The summed E-state index contributed by atoms with van der Waals surface area (Å²) in [5.41, 5.74) is 11.2. The van der Waals surface area contributed by atoms with Crippen LogP contribution in [0.1, 0.15) is 47.2 Å². The summed E-state index contributed by atoms with van der Waals surface area (Å²) in [4.78, 5) is 0. The van der Waals surface area contributed by atoms with E-state index in [4.69, 9.17) is 14.2 Å². The Morgan fingerprint density at radius 2 is 0.926 bits per heavy atom. The summed E-state index contributed by atoms with van der Waals surface area (Å²) in [6, 6.07) is 61.1. The first-order valence-corrected chi connectivity index (χ1v) is 18.8. The van der Waals surface area contributed by atoms with E-state index in [0.717, 1.165) is 28.2 Å². The molecule has 3 heteroatoms. The van der Waals surface area contributed by atoms with Crippen LogP contribution in [0.4, 0.5) is 0 Å². The highest BCUT2D eigenvalue weighted by molar-refractivity contribution is 5.95. The van der Waals surface area contributed by atoms with Crippen LogP contribution in [0.25, 0.3) is 43.8 Å². The van der Waals surface area contributed by atoms with Gasteiger partial charge in [0.1, 0.15) is 17.1 Å². The van der Waals surface area contributed by atoms with Gasteiger partial charge in [-0.3, -0.25) is 0 Å². The van der Waals surface area contributed by atoms with Crippen LogP contribution in [-0.4, -0.2) is 19.8 Å². The molecule has 0 heterocycles. The van der Waals surface area contributed by atoms with Gasteiger partial charge >= 0.3 is 0 Å². The monoisotopic (exact) mass is 700 g/mol. The molecular weight excluding hydrogens is 661 g/mol. The Kier molecular flexibility index (Phi) is 7.59. The van der Waals surface area contributed by atoms with E-state index in [0.29, 0.717) is 6.61 Å². The molecule has 8 aromatic rings. The van der Waals surface area contributed by atoms with Crippen molar-refractivity contribution in [3.05, 3.63) is 203 Å². The van der Waals surface area contributed by atoms with Crippen molar-refractivity contribution in [3.63, 3.8) is 0 Å². The van der Waals surface area contributed by atoms with Gasteiger partial charge in [0.25, 0.3) is 0 Å². The van der Waals surface area contributed by atoms with Gasteiger partial charge in [-0.05, 0) is 128 Å². The van der Waals surface area contributed by atoms with Gasteiger partial charge in [0.05, 0.1) is 12.7 Å². The second-order valence-corrected chi connectivity index (χ2v) is 14.9.